The summed E-state index contributed by atoms with van der Waals surface area (Å²) in [6.07, 6.45) is 3.03. The second kappa shape index (κ2) is 7.00. The molecule has 2 aromatic carbocycles. The summed E-state index contributed by atoms with van der Waals surface area (Å²) in [6.45, 7) is 0. The highest BCUT2D eigenvalue weighted by atomic mass is 79.9. The smallest absolute Gasteiger partial charge is 0.270 e. The lowest BCUT2D eigenvalue weighted by Crippen LogP contribution is -1.96. The quantitative estimate of drug-likeness (QED) is 0.345. The Hall–Kier alpha value is -2.47. The van der Waals surface area contributed by atoms with Crippen molar-refractivity contribution in [2.24, 2.45) is 0 Å². The number of allylic oxidation sites excluding steroid dienone is 1. The Morgan fingerprint density at radius 3 is 2.68 bits per heavy atom. The van der Waals surface area contributed by atoms with E-state index in [9.17, 15) is 14.9 Å². The second-order valence-electron chi connectivity index (χ2n) is 4.40. The van der Waals surface area contributed by atoms with Crippen molar-refractivity contribution in [1.29, 1.82) is 0 Å². The summed E-state index contributed by atoms with van der Waals surface area (Å²) in [5.41, 5.74) is 0.982. The number of methoxy groups -OCH3 is 1. The number of halogens is 1. The number of benzene rings is 2. The highest BCUT2D eigenvalue weighted by Gasteiger charge is 2.09. The maximum atomic E-state index is 12.1. The van der Waals surface area contributed by atoms with Crippen molar-refractivity contribution in [3.05, 3.63) is 74.3 Å². The van der Waals surface area contributed by atoms with Crippen molar-refractivity contribution < 1.29 is 14.5 Å². The van der Waals surface area contributed by atoms with Gasteiger partial charge in [-0.3, -0.25) is 14.9 Å². The number of carbonyl (C=O) groups is 1. The Labute approximate surface area is 135 Å². The molecule has 22 heavy (non-hydrogen) atoms. The molecular formula is C16H12BrNO4. The maximum Gasteiger partial charge on any atom is 0.270 e. The van der Waals surface area contributed by atoms with Crippen LogP contribution < -0.4 is 4.74 Å². The van der Waals surface area contributed by atoms with E-state index in [0.29, 0.717) is 5.75 Å². The predicted molar refractivity (Wildman–Crippen MR) is 87.2 cm³/mol. The molecule has 0 bridgehead atoms. The third-order valence-electron chi connectivity index (χ3n) is 2.94. The fraction of sp³-hybridized carbons (Fsp3) is 0.0625. The van der Waals surface area contributed by atoms with Crippen LogP contribution in [0, 0.1) is 10.1 Å². The van der Waals surface area contributed by atoms with E-state index < -0.39 is 4.92 Å². The van der Waals surface area contributed by atoms with Crippen molar-refractivity contribution in [2.75, 3.05) is 7.11 Å². The summed E-state index contributed by atoms with van der Waals surface area (Å²) in [5, 5.41) is 10.7. The van der Waals surface area contributed by atoms with Crippen molar-refractivity contribution in [3.63, 3.8) is 0 Å². The third-order valence-corrected chi connectivity index (χ3v) is 3.56. The zero-order valence-electron chi connectivity index (χ0n) is 11.7. The van der Waals surface area contributed by atoms with Gasteiger partial charge in [0.15, 0.2) is 5.78 Å². The summed E-state index contributed by atoms with van der Waals surface area (Å²) < 4.78 is 5.91. The standard InChI is InChI=1S/C16H12BrNO4/c1-22-16-8-6-11(9-14(16)17)5-7-15(19)12-3-2-4-13(10-12)18(20)21/h2-10H,1H3/b7-5+. The summed E-state index contributed by atoms with van der Waals surface area (Å²) in [6, 6.07) is 11.0. The molecule has 2 rings (SSSR count). The molecule has 0 amide bonds. The number of ether oxygens (including phenoxy) is 1. The topological polar surface area (TPSA) is 69.4 Å². The van der Waals surface area contributed by atoms with Crippen LogP contribution in [0.1, 0.15) is 15.9 Å². The van der Waals surface area contributed by atoms with Crippen LogP contribution in [0.15, 0.2) is 53.0 Å². The molecule has 0 saturated heterocycles. The number of carbonyl (C=O) groups excluding carboxylic acids is 1. The fourth-order valence-electron chi connectivity index (χ4n) is 1.83. The number of hydrogen-bond acceptors (Lipinski definition) is 4. The third kappa shape index (κ3) is 3.79. The minimum Gasteiger partial charge on any atom is -0.496 e. The Bertz CT molecular complexity index is 756. The van der Waals surface area contributed by atoms with Gasteiger partial charge in [0.05, 0.1) is 16.5 Å². The van der Waals surface area contributed by atoms with Crippen LogP contribution in [0.5, 0.6) is 5.75 Å². The van der Waals surface area contributed by atoms with E-state index in [2.05, 4.69) is 15.9 Å². The van der Waals surface area contributed by atoms with Gasteiger partial charge >= 0.3 is 0 Å². The number of non-ortho nitro benzene ring substituents is 1. The predicted octanol–water partition coefficient (Wildman–Crippen LogP) is 4.26. The number of rotatable bonds is 5. The number of nitro groups is 1. The van der Waals surface area contributed by atoms with Crippen LogP contribution in [-0.4, -0.2) is 17.8 Å². The average Bonchev–Trinajstić information content (AvgIpc) is 2.52. The largest absolute Gasteiger partial charge is 0.496 e. The van der Waals surface area contributed by atoms with Crippen molar-refractivity contribution in [3.8, 4) is 5.75 Å². The molecule has 6 heteroatoms. The normalized spacial score (nSPS) is 10.6. The number of nitro benzene ring substituents is 1. The molecule has 0 aromatic heterocycles. The van der Waals surface area contributed by atoms with Crippen LogP contribution in [0.3, 0.4) is 0 Å². The zero-order chi connectivity index (χ0) is 16.1. The van der Waals surface area contributed by atoms with E-state index in [1.807, 2.05) is 6.07 Å². The Morgan fingerprint density at radius 1 is 1.27 bits per heavy atom. The van der Waals surface area contributed by atoms with Gasteiger partial charge in [-0.15, -0.1) is 0 Å². The first kappa shape index (κ1) is 15.9. The minimum atomic E-state index is -0.527. The summed E-state index contributed by atoms with van der Waals surface area (Å²) >= 11 is 3.37. The fourth-order valence-corrected chi connectivity index (χ4v) is 2.39. The molecule has 0 fully saturated rings. The van der Waals surface area contributed by atoms with Gasteiger partial charge in [-0.05, 0) is 39.7 Å². The van der Waals surface area contributed by atoms with E-state index in [-0.39, 0.29) is 17.0 Å². The Morgan fingerprint density at radius 2 is 2.05 bits per heavy atom. The first-order chi connectivity index (χ1) is 10.5. The summed E-state index contributed by atoms with van der Waals surface area (Å²) in [7, 11) is 1.57. The molecule has 0 unspecified atom stereocenters. The van der Waals surface area contributed by atoms with Crippen molar-refractivity contribution in [2.45, 2.75) is 0 Å². The van der Waals surface area contributed by atoms with E-state index in [0.717, 1.165) is 10.0 Å². The van der Waals surface area contributed by atoms with Crippen LogP contribution in [-0.2, 0) is 0 Å². The van der Waals surface area contributed by atoms with Gasteiger partial charge in [0.25, 0.3) is 5.69 Å². The highest BCUT2D eigenvalue weighted by Crippen LogP contribution is 2.26. The van der Waals surface area contributed by atoms with E-state index in [1.165, 1.54) is 24.3 Å². The van der Waals surface area contributed by atoms with Gasteiger partial charge in [0.1, 0.15) is 5.75 Å². The number of hydrogen-bond donors (Lipinski definition) is 0. The second-order valence-corrected chi connectivity index (χ2v) is 5.25. The monoisotopic (exact) mass is 361 g/mol. The zero-order valence-corrected chi connectivity index (χ0v) is 13.2. The van der Waals surface area contributed by atoms with Gasteiger partial charge < -0.3 is 4.74 Å². The van der Waals surface area contributed by atoms with Gasteiger partial charge in [-0.25, -0.2) is 0 Å². The maximum absolute atomic E-state index is 12.1. The molecule has 0 spiro atoms. The van der Waals surface area contributed by atoms with Gasteiger partial charge in [-0.2, -0.15) is 0 Å². The lowest BCUT2D eigenvalue weighted by molar-refractivity contribution is -0.384. The average molecular weight is 362 g/mol. The van der Waals surface area contributed by atoms with E-state index >= 15 is 0 Å². The molecule has 0 atom stereocenters. The van der Waals surface area contributed by atoms with E-state index in [1.54, 1.807) is 31.4 Å². The number of ketones is 1. The molecule has 0 radical (unpaired) electrons. The van der Waals surface area contributed by atoms with Crippen LogP contribution in [0.2, 0.25) is 0 Å². The highest BCUT2D eigenvalue weighted by molar-refractivity contribution is 9.10. The summed E-state index contributed by atoms with van der Waals surface area (Å²) in [4.78, 5) is 22.2. The van der Waals surface area contributed by atoms with Gasteiger partial charge in [0.2, 0.25) is 0 Å². The molecule has 0 aliphatic rings. The molecule has 0 aliphatic heterocycles. The molecule has 0 heterocycles. The van der Waals surface area contributed by atoms with Crippen molar-refractivity contribution in [1.82, 2.24) is 0 Å². The lowest BCUT2D eigenvalue weighted by Gasteiger charge is -2.03. The molecule has 0 saturated carbocycles. The van der Waals surface area contributed by atoms with Gasteiger partial charge in [-0.1, -0.05) is 24.3 Å². The van der Waals surface area contributed by atoms with Crippen LogP contribution >= 0.6 is 15.9 Å². The Balaban J connectivity index is 2.19. The molecule has 112 valence electrons. The molecule has 5 nitrogen and oxygen atoms in total. The SMILES string of the molecule is COc1ccc(/C=C/C(=O)c2cccc([N+](=O)[O-])c2)cc1Br. The lowest BCUT2D eigenvalue weighted by atomic mass is 10.1. The van der Waals surface area contributed by atoms with Gasteiger partial charge in [0, 0.05) is 17.7 Å². The Kier molecular flexibility index (Phi) is 5.06. The summed E-state index contributed by atoms with van der Waals surface area (Å²) in [5.74, 6) is 0.401. The molecule has 0 aliphatic carbocycles. The molecule has 2 aromatic rings. The first-order valence-corrected chi connectivity index (χ1v) is 7.11. The van der Waals surface area contributed by atoms with E-state index in [4.69, 9.17) is 4.74 Å². The van der Waals surface area contributed by atoms with Crippen LogP contribution in [0.4, 0.5) is 5.69 Å². The number of nitrogens with zero attached hydrogens (tertiary/aromatic N) is 1. The molecular weight excluding hydrogens is 350 g/mol. The first-order valence-electron chi connectivity index (χ1n) is 6.31. The van der Waals surface area contributed by atoms with Crippen molar-refractivity contribution >= 4 is 33.5 Å². The minimum absolute atomic E-state index is 0.105. The molecule has 0 N–H and O–H groups in total. The van der Waals surface area contributed by atoms with Crippen LogP contribution in [0.25, 0.3) is 6.08 Å².